The van der Waals surface area contributed by atoms with E-state index in [1.807, 2.05) is 92.0 Å². The first-order valence-corrected chi connectivity index (χ1v) is 17.5. The third kappa shape index (κ3) is 9.95. The van der Waals surface area contributed by atoms with Gasteiger partial charge < -0.3 is 28.8 Å². The maximum Gasteiger partial charge on any atom is 0.416 e. The summed E-state index contributed by atoms with van der Waals surface area (Å²) >= 11 is 0. The number of benzene rings is 2. The number of fused-ring (bicyclic) bond motifs is 1. The number of carbonyl (C=O) groups excluding carboxylic acids is 2. The highest BCUT2D eigenvalue weighted by Gasteiger charge is 2.26. The number of aromatic nitrogens is 3. The van der Waals surface area contributed by atoms with E-state index in [1.54, 1.807) is 11.2 Å². The predicted octanol–water partition coefficient (Wildman–Crippen LogP) is 6.22. The summed E-state index contributed by atoms with van der Waals surface area (Å²) in [5.74, 6) is 0.971. The molecule has 0 saturated carbocycles. The minimum atomic E-state index is -0.638. The summed E-state index contributed by atoms with van der Waals surface area (Å²) in [6.07, 6.45) is 3.94. The number of amides is 2. The number of nitrogens with zero attached hydrogens (tertiary/aromatic N) is 5. The van der Waals surface area contributed by atoms with E-state index >= 15 is 0 Å². The molecule has 1 fully saturated rings. The SMILES string of the molecule is CC(C)(C)OC(=O)NCCN(CCCN1CCOCC1)C(=O)Oc1c(Cc2ccco2)nc2c(Cc3ccccc3)nc(-c3ccccc3)cn12. The van der Waals surface area contributed by atoms with Crippen LogP contribution in [0.5, 0.6) is 5.88 Å². The van der Waals surface area contributed by atoms with Crippen LogP contribution in [0.15, 0.2) is 89.7 Å². The molecule has 5 aromatic rings. The average Bonchev–Trinajstić information content (AvgIpc) is 3.76. The number of rotatable bonds is 13. The van der Waals surface area contributed by atoms with Crippen molar-refractivity contribution in [2.24, 2.45) is 0 Å². The standard InChI is InChI=1S/C39H46N6O6/c1-39(2,3)51-37(46)40-17-20-44(19-11-18-43-21-24-48-25-22-43)38(47)50-36-33(27-31-16-10-23-49-31)42-35-32(26-29-12-6-4-7-13-29)41-34(28-45(35)36)30-14-8-5-9-15-30/h4-10,12-16,23,28H,11,17-22,24-27H2,1-3H3,(H,40,46). The van der Waals surface area contributed by atoms with Gasteiger partial charge in [-0.25, -0.2) is 19.6 Å². The Morgan fingerprint density at radius 2 is 1.65 bits per heavy atom. The number of imidazole rings is 1. The van der Waals surface area contributed by atoms with Crippen molar-refractivity contribution in [1.82, 2.24) is 29.5 Å². The molecule has 12 nitrogen and oxygen atoms in total. The van der Waals surface area contributed by atoms with E-state index in [0.29, 0.717) is 55.6 Å². The fraction of sp³-hybridized carbons (Fsp3) is 0.385. The van der Waals surface area contributed by atoms with Crippen LogP contribution in [0.2, 0.25) is 0 Å². The molecule has 51 heavy (non-hydrogen) atoms. The van der Waals surface area contributed by atoms with Crippen molar-refractivity contribution in [2.45, 2.75) is 45.6 Å². The van der Waals surface area contributed by atoms with Crippen molar-refractivity contribution in [3.05, 3.63) is 108 Å². The van der Waals surface area contributed by atoms with Crippen molar-refractivity contribution >= 4 is 17.8 Å². The molecule has 0 unspecified atom stereocenters. The van der Waals surface area contributed by atoms with Gasteiger partial charge in [-0.15, -0.1) is 0 Å². The van der Waals surface area contributed by atoms with E-state index in [-0.39, 0.29) is 13.1 Å². The number of ether oxygens (including phenoxy) is 3. The maximum absolute atomic E-state index is 14.2. The Kier molecular flexibility index (Phi) is 11.6. The van der Waals surface area contributed by atoms with Crippen LogP contribution in [0.1, 0.15) is 49.9 Å². The molecule has 0 aliphatic carbocycles. The summed E-state index contributed by atoms with van der Waals surface area (Å²) in [7, 11) is 0. The first-order valence-electron chi connectivity index (χ1n) is 17.5. The fourth-order valence-electron chi connectivity index (χ4n) is 5.95. The molecule has 1 aliphatic rings. The highest BCUT2D eigenvalue weighted by Crippen LogP contribution is 2.30. The Bertz CT molecular complexity index is 1870. The number of hydrogen-bond donors (Lipinski definition) is 1. The van der Waals surface area contributed by atoms with Gasteiger partial charge in [0.2, 0.25) is 5.88 Å². The lowest BCUT2D eigenvalue weighted by Gasteiger charge is -2.28. The molecule has 12 heteroatoms. The van der Waals surface area contributed by atoms with Crippen molar-refractivity contribution in [1.29, 1.82) is 0 Å². The van der Waals surface area contributed by atoms with Crippen LogP contribution in [0.25, 0.3) is 16.9 Å². The van der Waals surface area contributed by atoms with Gasteiger partial charge in [-0.2, -0.15) is 0 Å². The first kappa shape index (κ1) is 35.6. The molecule has 1 aliphatic heterocycles. The van der Waals surface area contributed by atoms with Crippen LogP contribution in [0, 0.1) is 0 Å². The van der Waals surface area contributed by atoms with Gasteiger partial charge in [-0.3, -0.25) is 9.30 Å². The van der Waals surface area contributed by atoms with Gasteiger partial charge in [0, 0.05) is 57.4 Å². The molecule has 268 valence electrons. The molecular weight excluding hydrogens is 648 g/mol. The molecule has 6 rings (SSSR count). The minimum Gasteiger partial charge on any atom is -0.469 e. The van der Waals surface area contributed by atoms with Gasteiger partial charge in [0.25, 0.3) is 0 Å². The quantitative estimate of drug-likeness (QED) is 0.153. The van der Waals surface area contributed by atoms with Crippen LogP contribution in [0.3, 0.4) is 0 Å². The zero-order chi connectivity index (χ0) is 35.6. The third-order valence-corrected chi connectivity index (χ3v) is 8.40. The summed E-state index contributed by atoms with van der Waals surface area (Å²) in [5, 5.41) is 2.77. The van der Waals surface area contributed by atoms with Crippen molar-refractivity contribution in [2.75, 3.05) is 52.5 Å². The summed E-state index contributed by atoms with van der Waals surface area (Å²) in [6.45, 7) is 10.2. The van der Waals surface area contributed by atoms with Gasteiger partial charge in [0.05, 0.1) is 37.3 Å². The molecule has 2 amide bonds. The lowest BCUT2D eigenvalue weighted by molar-refractivity contribution is 0.0361. The number of nitrogens with one attached hydrogen (secondary N) is 1. The number of morpholine rings is 1. The minimum absolute atomic E-state index is 0.192. The normalized spacial score (nSPS) is 13.6. The Hall–Kier alpha value is -5.20. The van der Waals surface area contributed by atoms with Crippen LogP contribution < -0.4 is 10.1 Å². The predicted molar refractivity (Wildman–Crippen MR) is 193 cm³/mol. The summed E-state index contributed by atoms with van der Waals surface area (Å²) in [4.78, 5) is 40.6. The van der Waals surface area contributed by atoms with Crippen molar-refractivity contribution in [3.63, 3.8) is 0 Å². The molecule has 1 N–H and O–H groups in total. The topological polar surface area (TPSA) is 124 Å². The second-order valence-corrected chi connectivity index (χ2v) is 13.5. The average molecular weight is 695 g/mol. The Morgan fingerprint density at radius 3 is 2.35 bits per heavy atom. The number of furan rings is 1. The Morgan fingerprint density at radius 1 is 0.902 bits per heavy atom. The van der Waals surface area contributed by atoms with Crippen LogP contribution in [0.4, 0.5) is 9.59 Å². The molecule has 0 radical (unpaired) electrons. The van der Waals surface area contributed by atoms with E-state index in [4.69, 9.17) is 28.6 Å². The van der Waals surface area contributed by atoms with Gasteiger partial charge in [-0.05, 0) is 44.9 Å². The van der Waals surface area contributed by atoms with Gasteiger partial charge in [0.15, 0.2) is 5.65 Å². The second-order valence-electron chi connectivity index (χ2n) is 13.5. The number of hydrogen-bond acceptors (Lipinski definition) is 9. The molecular formula is C39H46N6O6. The molecule has 0 atom stereocenters. The van der Waals surface area contributed by atoms with E-state index in [2.05, 4.69) is 22.3 Å². The summed E-state index contributed by atoms with van der Waals surface area (Å²) in [5.41, 5.74) is 3.96. The van der Waals surface area contributed by atoms with Gasteiger partial charge in [0.1, 0.15) is 17.1 Å². The van der Waals surface area contributed by atoms with Gasteiger partial charge in [-0.1, -0.05) is 60.7 Å². The van der Waals surface area contributed by atoms with Crippen LogP contribution in [-0.2, 0) is 22.3 Å². The zero-order valence-electron chi connectivity index (χ0n) is 29.5. The highest BCUT2D eigenvalue weighted by atomic mass is 16.6. The number of carbonyl (C=O) groups is 2. The number of alkyl carbamates (subject to hydrolysis) is 1. The van der Waals surface area contributed by atoms with Gasteiger partial charge >= 0.3 is 12.2 Å². The Labute approximate surface area is 298 Å². The van der Waals surface area contributed by atoms with E-state index in [9.17, 15) is 9.59 Å². The highest BCUT2D eigenvalue weighted by molar-refractivity contribution is 5.72. The molecule has 2 aromatic carbocycles. The summed E-state index contributed by atoms with van der Waals surface area (Å²) in [6, 6.07) is 23.7. The molecule has 0 bridgehead atoms. The molecule has 0 spiro atoms. The van der Waals surface area contributed by atoms with Crippen molar-refractivity contribution in [3.8, 4) is 17.1 Å². The lowest BCUT2D eigenvalue weighted by atomic mass is 10.1. The molecule has 3 aromatic heterocycles. The van der Waals surface area contributed by atoms with E-state index < -0.39 is 17.8 Å². The first-order chi connectivity index (χ1) is 24.7. The fourth-order valence-corrected chi connectivity index (χ4v) is 5.95. The molecule has 4 heterocycles. The van der Waals surface area contributed by atoms with E-state index in [1.165, 1.54) is 0 Å². The Balaban J connectivity index is 1.33. The summed E-state index contributed by atoms with van der Waals surface area (Å²) < 4.78 is 24.8. The smallest absolute Gasteiger partial charge is 0.416 e. The van der Waals surface area contributed by atoms with Crippen molar-refractivity contribution < 1.29 is 28.2 Å². The zero-order valence-corrected chi connectivity index (χ0v) is 29.5. The van der Waals surface area contributed by atoms with Crippen LogP contribution >= 0.6 is 0 Å². The second kappa shape index (κ2) is 16.7. The molecule has 1 saturated heterocycles. The lowest BCUT2D eigenvalue weighted by Crippen LogP contribution is -2.43. The maximum atomic E-state index is 14.2. The van der Waals surface area contributed by atoms with Crippen LogP contribution in [-0.4, -0.2) is 94.4 Å². The monoisotopic (exact) mass is 694 g/mol. The third-order valence-electron chi connectivity index (χ3n) is 8.40. The largest absolute Gasteiger partial charge is 0.469 e. The van der Waals surface area contributed by atoms with E-state index in [0.717, 1.165) is 48.6 Å².